The largest absolute Gasteiger partial charge is 0.444 e. The molecule has 1 aliphatic heterocycles. The van der Waals surface area contributed by atoms with E-state index in [1.54, 1.807) is 13.1 Å². The van der Waals surface area contributed by atoms with Gasteiger partial charge in [-0.2, -0.15) is 0 Å². The van der Waals surface area contributed by atoms with Crippen molar-refractivity contribution < 1.29 is 9.21 Å². The summed E-state index contributed by atoms with van der Waals surface area (Å²) in [6.07, 6.45) is 7.36. The molecule has 1 unspecified atom stereocenters. The zero-order valence-corrected chi connectivity index (χ0v) is 14.3. The Bertz CT molecular complexity index is 671. The van der Waals surface area contributed by atoms with Crippen molar-refractivity contribution in [2.75, 3.05) is 19.6 Å². The number of aryl methyl sites for hydroxylation is 1. The van der Waals surface area contributed by atoms with E-state index in [1.807, 2.05) is 24.2 Å². The molecule has 3 heterocycles. The number of rotatable bonds is 6. The second-order valence-electron chi connectivity index (χ2n) is 6.36. The Labute approximate surface area is 142 Å². The van der Waals surface area contributed by atoms with Crippen molar-refractivity contribution in [1.82, 2.24) is 19.8 Å². The number of pyridine rings is 1. The minimum atomic E-state index is 0.0758. The number of likely N-dealkylation sites (tertiary alicyclic amines) is 1. The predicted octanol–water partition coefficient (Wildman–Crippen LogP) is 2.04. The molecule has 3 rings (SSSR count). The first kappa shape index (κ1) is 16.6. The van der Waals surface area contributed by atoms with Crippen LogP contribution in [0, 0.1) is 6.92 Å². The lowest BCUT2D eigenvalue weighted by Gasteiger charge is -2.27. The van der Waals surface area contributed by atoms with Crippen molar-refractivity contribution in [3.05, 3.63) is 47.9 Å². The molecular weight excluding hydrogens is 304 g/mol. The van der Waals surface area contributed by atoms with E-state index in [0.717, 1.165) is 38.2 Å². The van der Waals surface area contributed by atoms with E-state index in [-0.39, 0.29) is 11.9 Å². The average Bonchev–Trinajstić information content (AvgIpc) is 3.20. The molecule has 6 heteroatoms. The number of hydrogen-bond acceptors (Lipinski definition) is 5. The standard InChI is InChI=1S/C18H24N4O2/c1-14-11-20-18(24-14)13-22(15(2)23)17-6-10-21(12-17)9-5-16-3-7-19-8-4-16/h3-4,7-8,11,17H,5-6,9-10,12-13H2,1-2H3. The summed E-state index contributed by atoms with van der Waals surface area (Å²) in [6, 6.07) is 4.34. The van der Waals surface area contributed by atoms with Crippen LogP contribution in [0.2, 0.25) is 0 Å². The van der Waals surface area contributed by atoms with Crippen molar-refractivity contribution in [1.29, 1.82) is 0 Å². The highest BCUT2D eigenvalue weighted by Crippen LogP contribution is 2.19. The molecule has 0 spiro atoms. The third-order valence-corrected chi connectivity index (χ3v) is 4.53. The Morgan fingerprint density at radius 3 is 2.88 bits per heavy atom. The van der Waals surface area contributed by atoms with Gasteiger partial charge in [0.05, 0.1) is 12.7 Å². The van der Waals surface area contributed by atoms with Crippen LogP contribution in [0.4, 0.5) is 0 Å². The molecule has 128 valence electrons. The van der Waals surface area contributed by atoms with Crippen molar-refractivity contribution in [3.63, 3.8) is 0 Å². The van der Waals surface area contributed by atoms with Crippen LogP contribution >= 0.6 is 0 Å². The maximum atomic E-state index is 12.1. The van der Waals surface area contributed by atoms with E-state index in [1.165, 1.54) is 5.56 Å². The molecule has 1 aliphatic rings. The first-order valence-electron chi connectivity index (χ1n) is 8.41. The first-order valence-corrected chi connectivity index (χ1v) is 8.41. The SMILES string of the molecule is CC(=O)N(Cc1ncc(C)o1)C1CCN(CCc2ccncc2)C1. The molecule has 2 aromatic heterocycles. The summed E-state index contributed by atoms with van der Waals surface area (Å²) in [4.78, 5) is 24.6. The molecule has 24 heavy (non-hydrogen) atoms. The number of nitrogens with zero attached hydrogens (tertiary/aromatic N) is 4. The molecule has 1 amide bonds. The van der Waals surface area contributed by atoms with Gasteiger partial charge in [-0.25, -0.2) is 4.98 Å². The molecule has 0 N–H and O–H groups in total. The normalized spacial score (nSPS) is 18.0. The van der Waals surface area contributed by atoms with Gasteiger partial charge in [-0.05, 0) is 37.5 Å². The Hall–Kier alpha value is -2.21. The molecule has 0 bridgehead atoms. The van der Waals surface area contributed by atoms with Crippen molar-refractivity contribution in [2.24, 2.45) is 0 Å². The van der Waals surface area contributed by atoms with E-state index in [9.17, 15) is 4.79 Å². The molecular formula is C18H24N4O2. The van der Waals surface area contributed by atoms with Gasteiger partial charge in [0.2, 0.25) is 11.8 Å². The number of hydrogen-bond donors (Lipinski definition) is 0. The van der Waals surface area contributed by atoms with E-state index < -0.39 is 0 Å². The lowest BCUT2D eigenvalue weighted by atomic mass is 10.2. The number of amides is 1. The molecule has 0 radical (unpaired) electrons. The van der Waals surface area contributed by atoms with Gasteiger partial charge in [0, 0.05) is 45.0 Å². The zero-order valence-electron chi connectivity index (χ0n) is 14.3. The predicted molar refractivity (Wildman–Crippen MR) is 90.3 cm³/mol. The van der Waals surface area contributed by atoms with Crippen LogP contribution in [-0.4, -0.2) is 51.4 Å². The fourth-order valence-electron chi connectivity index (χ4n) is 3.22. The zero-order chi connectivity index (χ0) is 16.9. The minimum Gasteiger partial charge on any atom is -0.444 e. The number of aromatic nitrogens is 2. The highest BCUT2D eigenvalue weighted by molar-refractivity contribution is 5.73. The Kier molecular flexibility index (Phi) is 5.25. The average molecular weight is 328 g/mol. The third kappa shape index (κ3) is 4.20. The van der Waals surface area contributed by atoms with Gasteiger partial charge in [0.1, 0.15) is 5.76 Å². The Morgan fingerprint density at radius 2 is 2.21 bits per heavy atom. The van der Waals surface area contributed by atoms with Gasteiger partial charge in [0.15, 0.2) is 0 Å². The maximum absolute atomic E-state index is 12.1. The van der Waals surface area contributed by atoms with Gasteiger partial charge in [-0.1, -0.05) is 0 Å². The summed E-state index contributed by atoms with van der Waals surface area (Å²) in [5.74, 6) is 1.46. The topological polar surface area (TPSA) is 62.5 Å². The summed E-state index contributed by atoms with van der Waals surface area (Å²) >= 11 is 0. The van der Waals surface area contributed by atoms with Crippen LogP contribution in [0.5, 0.6) is 0 Å². The van der Waals surface area contributed by atoms with Crippen LogP contribution in [0.25, 0.3) is 0 Å². The van der Waals surface area contributed by atoms with E-state index >= 15 is 0 Å². The highest BCUT2D eigenvalue weighted by Gasteiger charge is 2.29. The first-order chi connectivity index (χ1) is 11.6. The molecule has 0 aromatic carbocycles. The van der Waals surface area contributed by atoms with Crippen molar-refractivity contribution in [3.8, 4) is 0 Å². The van der Waals surface area contributed by atoms with Gasteiger partial charge >= 0.3 is 0 Å². The smallest absolute Gasteiger partial charge is 0.220 e. The second kappa shape index (κ2) is 7.57. The monoisotopic (exact) mass is 328 g/mol. The molecule has 2 aromatic rings. The molecule has 1 saturated heterocycles. The van der Waals surface area contributed by atoms with E-state index in [4.69, 9.17) is 4.42 Å². The number of carbonyl (C=O) groups excluding carboxylic acids is 1. The van der Waals surface area contributed by atoms with Crippen LogP contribution in [0.3, 0.4) is 0 Å². The Balaban J connectivity index is 1.55. The Morgan fingerprint density at radius 1 is 1.42 bits per heavy atom. The van der Waals surface area contributed by atoms with E-state index in [2.05, 4.69) is 27.0 Å². The summed E-state index contributed by atoms with van der Waals surface area (Å²) in [6.45, 7) is 6.87. The van der Waals surface area contributed by atoms with Gasteiger partial charge in [0.25, 0.3) is 0 Å². The summed E-state index contributed by atoms with van der Waals surface area (Å²) in [5.41, 5.74) is 1.30. The summed E-state index contributed by atoms with van der Waals surface area (Å²) < 4.78 is 5.53. The molecule has 1 fully saturated rings. The minimum absolute atomic E-state index is 0.0758. The lowest BCUT2D eigenvalue weighted by Crippen LogP contribution is -2.40. The molecule has 0 saturated carbocycles. The number of oxazole rings is 1. The van der Waals surface area contributed by atoms with Crippen LogP contribution < -0.4 is 0 Å². The van der Waals surface area contributed by atoms with Crippen molar-refractivity contribution >= 4 is 5.91 Å². The van der Waals surface area contributed by atoms with Crippen LogP contribution in [0.1, 0.15) is 30.6 Å². The number of carbonyl (C=O) groups is 1. The molecule has 6 nitrogen and oxygen atoms in total. The third-order valence-electron chi connectivity index (χ3n) is 4.53. The fraction of sp³-hybridized carbons (Fsp3) is 0.500. The summed E-state index contributed by atoms with van der Waals surface area (Å²) in [5, 5.41) is 0. The maximum Gasteiger partial charge on any atom is 0.220 e. The van der Waals surface area contributed by atoms with Crippen LogP contribution in [-0.2, 0) is 17.8 Å². The molecule has 1 atom stereocenters. The second-order valence-corrected chi connectivity index (χ2v) is 6.36. The lowest BCUT2D eigenvalue weighted by molar-refractivity contribution is -0.132. The van der Waals surface area contributed by atoms with Crippen LogP contribution in [0.15, 0.2) is 35.1 Å². The highest BCUT2D eigenvalue weighted by atomic mass is 16.4. The quantitative estimate of drug-likeness (QED) is 0.812. The van der Waals surface area contributed by atoms with Crippen molar-refractivity contribution in [2.45, 2.75) is 39.3 Å². The fourth-order valence-corrected chi connectivity index (χ4v) is 3.22. The van der Waals surface area contributed by atoms with E-state index in [0.29, 0.717) is 12.4 Å². The molecule has 0 aliphatic carbocycles. The van der Waals surface area contributed by atoms with Gasteiger partial charge < -0.3 is 14.2 Å². The van der Waals surface area contributed by atoms with Gasteiger partial charge in [-0.15, -0.1) is 0 Å². The van der Waals surface area contributed by atoms with Gasteiger partial charge in [-0.3, -0.25) is 9.78 Å². The summed E-state index contributed by atoms with van der Waals surface area (Å²) in [7, 11) is 0.